The van der Waals surface area contributed by atoms with Crippen LogP contribution in [-0.2, 0) is 11.2 Å². The fourth-order valence-corrected chi connectivity index (χ4v) is 2.70. The largest absolute Gasteiger partial charge is 0.303 e. The van der Waals surface area contributed by atoms with Crippen LogP contribution in [-0.4, -0.2) is 30.3 Å². The first-order valence-corrected chi connectivity index (χ1v) is 6.72. The molecule has 18 heavy (non-hydrogen) atoms. The molecule has 3 heteroatoms. The van der Waals surface area contributed by atoms with Crippen molar-refractivity contribution in [3.8, 4) is 0 Å². The molecule has 1 aromatic rings. The number of carbonyl (C=O) groups excluding carboxylic acids is 1. The Kier molecular flexibility index (Phi) is 4.88. The number of benzene rings is 1. The van der Waals surface area contributed by atoms with Crippen LogP contribution in [0, 0.1) is 5.82 Å². The van der Waals surface area contributed by atoms with E-state index in [1.165, 1.54) is 18.9 Å². The highest BCUT2D eigenvalue weighted by molar-refractivity contribution is 5.50. The minimum atomic E-state index is -0.124. The van der Waals surface area contributed by atoms with Gasteiger partial charge in [0.15, 0.2) is 0 Å². The summed E-state index contributed by atoms with van der Waals surface area (Å²) in [4.78, 5) is 13.0. The van der Waals surface area contributed by atoms with Crippen molar-refractivity contribution in [3.63, 3.8) is 0 Å². The predicted octanol–water partition coefficient (Wildman–Crippen LogP) is 2.81. The van der Waals surface area contributed by atoms with E-state index in [0.717, 1.165) is 37.8 Å². The van der Waals surface area contributed by atoms with Gasteiger partial charge >= 0.3 is 0 Å². The Morgan fingerprint density at radius 2 is 2.17 bits per heavy atom. The van der Waals surface area contributed by atoms with E-state index in [1.807, 2.05) is 12.1 Å². The number of hydrogen-bond acceptors (Lipinski definition) is 2. The topological polar surface area (TPSA) is 20.3 Å². The Morgan fingerprint density at radius 3 is 2.94 bits per heavy atom. The van der Waals surface area contributed by atoms with Gasteiger partial charge in [-0.1, -0.05) is 24.6 Å². The summed E-state index contributed by atoms with van der Waals surface area (Å²) in [5.41, 5.74) is 0.771. The number of aldehydes is 1. The molecule has 0 N–H and O–H groups in total. The van der Waals surface area contributed by atoms with Crippen molar-refractivity contribution in [2.75, 3.05) is 13.1 Å². The third kappa shape index (κ3) is 3.39. The van der Waals surface area contributed by atoms with Crippen LogP contribution in [0.25, 0.3) is 0 Å². The molecule has 1 aliphatic rings. The van der Waals surface area contributed by atoms with Crippen LogP contribution >= 0.6 is 0 Å². The number of halogens is 1. The molecule has 1 aromatic carbocycles. The van der Waals surface area contributed by atoms with Crippen molar-refractivity contribution < 1.29 is 9.18 Å². The first-order valence-electron chi connectivity index (χ1n) is 6.72. The molecule has 1 heterocycles. The second-order valence-corrected chi connectivity index (χ2v) is 4.93. The quantitative estimate of drug-likeness (QED) is 0.748. The smallest absolute Gasteiger partial charge is 0.126 e. The predicted molar refractivity (Wildman–Crippen MR) is 70.0 cm³/mol. The van der Waals surface area contributed by atoms with E-state index in [0.29, 0.717) is 12.5 Å². The molecule has 2 nitrogen and oxygen atoms in total. The van der Waals surface area contributed by atoms with Gasteiger partial charge in [-0.2, -0.15) is 0 Å². The van der Waals surface area contributed by atoms with Gasteiger partial charge in [-0.05, 0) is 37.4 Å². The van der Waals surface area contributed by atoms with E-state index in [4.69, 9.17) is 0 Å². The van der Waals surface area contributed by atoms with Gasteiger partial charge in [-0.3, -0.25) is 4.90 Å². The molecule has 0 spiro atoms. The van der Waals surface area contributed by atoms with Gasteiger partial charge < -0.3 is 4.79 Å². The summed E-state index contributed by atoms with van der Waals surface area (Å²) in [6.07, 6.45) is 5.82. The lowest BCUT2D eigenvalue weighted by atomic mass is 9.99. The number of carbonyl (C=O) groups is 1. The van der Waals surface area contributed by atoms with Gasteiger partial charge in [0.25, 0.3) is 0 Å². The summed E-state index contributed by atoms with van der Waals surface area (Å²) in [5, 5.41) is 0. The van der Waals surface area contributed by atoms with Crippen molar-refractivity contribution in [1.29, 1.82) is 0 Å². The zero-order valence-electron chi connectivity index (χ0n) is 10.6. The highest BCUT2D eigenvalue weighted by Crippen LogP contribution is 2.19. The molecule has 1 aliphatic heterocycles. The van der Waals surface area contributed by atoms with Gasteiger partial charge in [0, 0.05) is 19.0 Å². The summed E-state index contributed by atoms with van der Waals surface area (Å²) in [5.74, 6) is -0.124. The summed E-state index contributed by atoms with van der Waals surface area (Å²) >= 11 is 0. The van der Waals surface area contributed by atoms with Crippen LogP contribution in [0.3, 0.4) is 0 Å². The SMILES string of the molecule is O=CCC1CCCCN1CCc1ccccc1F. The first kappa shape index (κ1) is 13.2. The Balaban J connectivity index is 1.91. The summed E-state index contributed by atoms with van der Waals surface area (Å²) in [6, 6.07) is 7.30. The summed E-state index contributed by atoms with van der Waals surface area (Å²) in [6.45, 7) is 1.88. The van der Waals surface area contributed by atoms with Crippen LogP contribution in [0.2, 0.25) is 0 Å². The van der Waals surface area contributed by atoms with Crippen LogP contribution in [0.15, 0.2) is 24.3 Å². The van der Waals surface area contributed by atoms with Crippen molar-refractivity contribution in [1.82, 2.24) is 4.90 Å². The highest BCUT2D eigenvalue weighted by atomic mass is 19.1. The Bertz CT molecular complexity index is 394. The van der Waals surface area contributed by atoms with E-state index in [1.54, 1.807) is 6.07 Å². The lowest BCUT2D eigenvalue weighted by Crippen LogP contribution is -2.40. The van der Waals surface area contributed by atoms with Crippen molar-refractivity contribution in [2.45, 2.75) is 38.1 Å². The van der Waals surface area contributed by atoms with Gasteiger partial charge in [-0.25, -0.2) is 4.39 Å². The molecule has 0 amide bonds. The molecular weight excluding hydrogens is 229 g/mol. The molecule has 1 saturated heterocycles. The van der Waals surface area contributed by atoms with Crippen LogP contribution in [0.1, 0.15) is 31.2 Å². The lowest BCUT2D eigenvalue weighted by molar-refractivity contribution is -0.109. The Morgan fingerprint density at radius 1 is 1.33 bits per heavy atom. The number of hydrogen-bond donors (Lipinski definition) is 0. The normalized spacial score (nSPS) is 20.8. The second-order valence-electron chi connectivity index (χ2n) is 4.93. The summed E-state index contributed by atoms with van der Waals surface area (Å²) in [7, 11) is 0. The Labute approximate surface area is 108 Å². The molecule has 1 unspecified atom stereocenters. The third-order valence-corrected chi connectivity index (χ3v) is 3.74. The molecule has 0 aliphatic carbocycles. The zero-order valence-corrected chi connectivity index (χ0v) is 10.6. The molecule has 1 atom stereocenters. The third-order valence-electron chi connectivity index (χ3n) is 3.74. The maximum Gasteiger partial charge on any atom is 0.126 e. The van der Waals surface area contributed by atoms with E-state index in [9.17, 15) is 9.18 Å². The molecule has 0 saturated carbocycles. The molecule has 0 bridgehead atoms. The molecular formula is C15H20FNO. The maximum absolute atomic E-state index is 13.5. The average molecular weight is 249 g/mol. The lowest BCUT2D eigenvalue weighted by Gasteiger charge is -2.34. The molecule has 0 aromatic heterocycles. The number of piperidine rings is 1. The van der Waals surface area contributed by atoms with Gasteiger partial charge in [-0.15, -0.1) is 0 Å². The molecule has 1 fully saturated rings. The Hall–Kier alpha value is -1.22. The second kappa shape index (κ2) is 6.64. The standard InChI is InChI=1S/C15H20FNO/c16-15-7-2-1-5-13(15)8-11-17-10-4-3-6-14(17)9-12-18/h1-2,5,7,12,14H,3-4,6,8-11H2. The van der Waals surface area contributed by atoms with E-state index in [-0.39, 0.29) is 5.82 Å². The van der Waals surface area contributed by atoms with Gasteiger partial charge in [0.2, 0.25) is 0 Å². The van der Waals surface area contributed by atoms with Crippen LogP contribution in [0.5, 0.6) is 0 Å². The van der Waals surface area contributed by atoms with E-state index in [2.05, 4.69) is 4.90 Å². The summed E-state index contributed by atoms with van der Waals surface area (Å²) < 4.78 is 13.5. The van der Waals surface area contributed by atoms with Crippen LogP contribution in [0.4, 0.5) is 4.39 Å². The fraction of sp³-hybridized carbons (Fsp3) is 0.533. The van der Waals surface area contributed by atoms with Crippen molar-refractivity contribution in [2.24, 2.45) is 0 Å². The monoisotopic (exact) mass is 249 g/mol. The maximum atomic E-state index is 13.5. The van der Waals surface area contributed by atoms with E-state index >= 15 is 0 Å². The van der Waals surface area contributed by atoms with Gasteiger partial charge in [0.1, 0.15) is 12.1 Å². The number of nitrogens with zero attached hydrogens (tertiary/aromatic N) is 1. The van der Waals surface area contributed by atoms with E-state index < -0.39 is 0 Å². The van der Waals surface area contributed by atoms with Crippen LogP contribution < -0.4 is 0 Å². The van der Waals surface area contributed by atoms with Crippen molar-refractivity contribution >= 4 is 6.29 Å². The number of rotatable bonds is 5. The molecule has 98 valence electrons. The fourth-order valence-electron chi connectivity index (χ4n) is 2.70. The van der Waals surface area contributed by atoms with Gasteiger partial charge in [0.05, 0.1) is 0 Å². The molecule has 2 rings (SSSR count). The molecule has 0 radical (unpaired) electrons. The number of likely N-dealkylation sites (tertiary alicyclic amines) is 1. The zero-order chi connectivity index (χ0) is 12.8. The van der Waals surface area contributed by atoms with Crippen molar-refractivity contribution in [3.05, 3.63) is 35.6 Å². The average Bonchev–Trinajstić information content (AvgIpc) is 2.40. The minimum Gasteiger partial charge on any atom is -0.303 e. The first-order chi connectivity index (χ1) is 8.81. The highest BCUT2D eigenvalue weighted by Gasteiger charge is 2.21. The minimum absolute atomic E-state index is 0.124.